The summed E-state index contributed by atoms with van der Waals surface area (Å²) >= 11 is 0. The Balaban J connectivity index is 2.17. The number of nitrogens with one attached hydrogen (secondary N) is 1. The molecule has 0 aliphatic heterocycles. The first-order valence-corrected chi connectivity index (χ1v) is 5.39. The third-order valence-corrected chi connectivity index (χ3v) is 2.66. The first kappa shape index (κ1) is 13.0. The zero-order valence-electron chi connectivity index (χ0n) is 8.98. The van der Waals surface area contributed by atoms with Crippen LogP contribution in [0.2, 0.25) is 0 Å². The molecule has 0 radical (unpaired) electrons. The lowest BCUT2D eigenvalue weighted by molar-refractivity contribution is -0.157. The molecule has 0 amide bonds. The largest absolute Gasteiger partial charge is 0.405 e. The summed E-state index contributed by atoms with van der Waals surface area (Å²) in [5.74, 6) is -1.90. The van der Waals surface area contributed by atoms with Gasteiger partial charge < -0.3 is 5.32 Å². The van der Waals surface area contributed by atoms with Gasteiger partial charge in [-0.15, -0.1) is 0 Å². The lowest BCUT2D eigenvalue weighted by Gasteiger charge is -2.13. The predicted octanol–water partition coefficient (Wildman–Crippen LogP) is 2.78. The zero-order valence-corrected chi connectivity index (χ0v) is 8.98. The molecule has 0 fully saturated rings. The minimum atomic E-state index is -4.42. The Kier molecular flexibility index (Phi) is 4.81. The van der Waals surface area contributed by atoms with Gasteiger partial charge in [0.25, 0.3) is 0 Å². The van der Waals surface area contributed by atoms with Crippen molar-refractivity contribution in [2.75, 3.05) is 13.1 Å². The summed E-state index contributed by atoms with van der Waals surface area (Å²) in [6.07, 6.45) is 1.80. The number of nitrogens with zero attached hydrogens (tertiary/aromatic N) is 1. The van der Waals surface area contributed by atoms with Crippen LogP contribution < -0.4 is 5.32 Å². The molecule has 5 heteroatoms. The van der Waals surface area contributed by atoms with Crippen LogP contribution in [0.5, 0.6) is 0 Å². The fourth-order valence-corrected chi connectivity index (χ4v) is 1.69. The maximum absolute atomic E-state index is 12.2. The molecule has 0 bridgehead atoms. The van der Waals surface area contributed by atoms with Gasteiger partial charge in [-0.3, -0.25) is 0 Å². The van der Waals surface area contributed by atoms with E-state index in [9.17, 15) is 13.2 Å². The zero-order chi connectivity index (χ0) is 12.0. The molecule has 0 heterocycles. The van der Waals surface area contributed by atoms with E-state index in [-0.39, 0.29) is 6.54 Å². The van der Waals surface area contributed by atoms with Crippen LogP contribution in [0.3, 0.4) is 0 Å². The van der Waals surface area contributed by atoms with Crippen molar-refractivity contribution in [3.05, 3.63) is 11.6 Å². The Hall–Kier alpha value is -1.02. The smallest absolute Gasteiger partial charge is 0.315 e. The Bertz CT molecular complexity index is 289. The molecular formula is C11H15F3N2. The van der Waals surface area contributed by atoms with Crippen molar-refractivity contribution in [2.45, 2.75) is 31.9 Å². The van der Waals surface area contributed by atoms with Crippen molar-refractivity contribution in [2.24, 2.45) is 5.92 Å². The van der Waals surface area contributed by atoms with E-state index in [1.165, 1.54) is 11.6 Å². The van der Waals surface area contributed by atoms with Crippen molar-refractivity contribution in [1.82, 2.24) is 5.32 Å². The standard InChI is InChI=1S/C11H15F3N2/c12-11(13,14)10(7-15)8-16-6-5-9-3-1-2-4-9/h3,10,16H,1-2,4-6,8H2. The van der Waals surface area contributed by atoms with Gasteiger partial charge in [0.1, 0.15) is 0 Å². The molecule has 0 aromatic rings. The van der Waals surface area contributed by atoms with Crippen LogP contribution >= 0.6 is 0 Å². The van der Waals surface area contributed by atoms with Gasteiger partial charge in [0.2, 0.25) is 0 Å². The van der Waals surface area contributed by atoms with Gasteiger partial charge in [-0.1, -0.05) is 11.6 Å². The minimum absolute atomic E-state index is 0.312. The van der Waals surface area contributed by atoms with E-state index < -0.39 is 12.1 Å². The fraction of sp³-hybridized carbons (Fsp3) is 0.727. The summed E-state index contributed by atoms with van der Waals surface area (Å²) in [7, 11) is 0. The van der Waals surface area contributed by atoms with Crippen molar-refractivity contribution in [3.8, 4) is 6.07 Å². The molecule has 1 rings (SSSR count). The van der Waals surface area contributed by atoms with Crippen LogP contribution in [0.25, 0.3) is 0 Å². The fourth-order valence-electron chi connectivity index (χ4n) is 1.69. The van der Waals surface area contributed by atoms with E-state index in [2.05, 4.69) is 11.4 Å². The molecule has 90 valence electrons. The van der Waals surface area contributed by atoms with E-state index in [1.54, 1.807) is 0 Å². The van der Waals surface area contributed by atoms with Gasteiger partial charge in [0.15, 0.2) is 5.92 Å². The molecule has 1 unspecified atom stereocenters. The van der Waals surface area contributed by atoms with E-state index in [0.717, 1.165) is 25.7 Å². The Morgan fingerprint density at radius 1 is 1.50 bits per heavy atom. The molecule has 0 saturated heterocycles. The van der Waals surface area contributed by atoms with Gasteiger partial charge in [-0.25, -0.2) is 0 Å². The molecule has 0 spiro atoms. The number of allylic oxidation sites excluding steroid dienone is 1. The average molecular weight is 232 g/mol. The average Bonchev–Trinajstić information content (AvgIpc) is 2.68. The first-order chi connectivity index (χ1) is 7.54. The third-order valence-electron chi connectivity index (χ3n) is 2.66. The normalized spacial score (nSPS) is 18.0. The minimum Gasteiger partial charge on any atom is -0.315 e. The molecule has 1 N–H and O–H groups in total. The van der Waals surface area contributed by atoms with Crippen LogP contribution in [0.15, 0.2) is 11.6 Å². The maximum atomic E-state index is 12.2. The van der Waals surface area contributed by atoms with Gasteiger partial charge in [-0.05, 0) is 32.2 Å². The molecule has 16 heavy (non-hydrogen) atoms. The van der Waals surface area contributed by atoms with Crippen LogP contribution in [0.1, 0.15) is 25.7 Å². The van der Waals surface area contributed by atoms with Crippen molar-refractivity contribution >= 4 is 0 Å². The second-order valence-corrected chi connectivity index (χ2v) is 3.93. The van der Waals surface area contributed by atoms with E-state index in [1.807, 2.05) is 0 Å². The lowest BCUT2D eigenvalue weighted by Crippen LogP contribution is -2.33. The number of hydrogen-bond acceptors (Lipinski definition) is 2. The number of nitriles is 1. The first-order valence-electron chi connectivity index (χ1n) is 5.39. The van der Waals surface area contributed by atoms with Crippen molar-refractivity contribution in [1.29, 1.82) is 5.26 Å². The lowest BCUT2D eigenvalue weighted by atomic mass is 10.1. The summed E-state index contributed by atoms with van der Waals surface area (Å²) in [6, 6.07) is 1.27. The topological polar surface area (TPSA) is 35.8 Å². The van der Waals surface area contributed by atoms with E-state index in [4.69, 9.17) is 5.26 Å². The quantitative estimate of drug-likeness (QED) is 0.584. The van der Waals surface area contributed by atoms with Crippen LogP contribution in [0.4, 0.5) is 13.2 Å². The molecule has 1 aliphatic rings. The monoisotopic (exact) mass is 232 g/mol. The van der Waals surface area contributed by atoms with Crippen LogP contribution in [-0.4, -0.2) is 19.3 Å². The van der Waals surface area contributed by atoms with Gasteiger partial charge in [0.05, 0.1) is 6.07 Å². The molecular weight excluding hydrogens is 217 g/mol. The van der Waals surface area contributed by atoms with Gasteiger partial charge in [-0.2, -0.15) is 18.4 Å². The summed E-state index contributed by atoms with van der Waals surface area (Å²) in [5.41, 5.74) is 1.31. The second-order valence-electron chi connectivity index (χ2n) is 3.93. The summed E-state index contributed by atoms with van der Waals surface area (Å²) in [4.78, 5) is 0. The number of halogens is 3. The SMILES string of the molecule is N#CC(CNCCC1=CCCC1)C(F)(F)F. The summed E-state index contributed by atoms with van der Waals surface area (Å²) in [6.45, 7) is 0.202. The Morgan fingerprint density at radius 3 is 2.75 bits per heavy atom. The molecule has 0 aromatic heterocycles. The molecule has 1 aliphatic carbocycles. The van der Waals surface area contributed by atoms with Crippen LogP contribution in [0, 0.1) is 17.2 Å². The Morgan fingerprint density at radius 2 is 2.25 bits per heavy atom. The highest BCUT2D eigenvalue weighted by molar-refractivity contribution is 5.07. The summed E-state index contributed by atoms with van der Waals surface area (Å²) in [5, 5.41) is 11.0. The van der Waals surface area contributed by atoms with E-state index in [0.29, 0.717) is 6.54 Å². The molecule has 0 saturated carbocycles. The Labute approximate surface area is 93.1 Å². The maximum Gasteiger partial charge on any atom is 0.405 e. The number of hydrogen-bond donors (Lipinski definition) is 1. The summed E-state index contributed by atoms with van der Waals surface area (Å²) < 4.78 is 36.5. The highest BCUT2D eigenvalue weighted by Crippen LogP contribution is 2.25. The third kappa shape index (κ3) is 4.23. The van der Waals surface area contributed by atoms with Gasteiger partial charge in [0, 0.05) is 6.54 Å². The predicted molar refractivity (Wildman–Crippen MR) is 54.6 cm³/mol. The molecule has 2 nitrogen and oxygen atoms in total. The molecule has 1 atom stereocenters. The highest BCUT2D eigenvalue weighted by Gasteiger charge is 2.39. The second kappa shape index (κ2) is 5.90. The highest BCUT2D eigenvalue weighted by atomic mass is 19.4. The van der Waals surface area contributed by atoms with Crippen molar-refractivity contribution in [3.63, 3.8) is 0 Å². The number of rotatable bonds is 5. The van der Waals surface area contributed by atoms with Gasteiger partial charge >= 0.3 is 6.18 Å². The molecule has 0 aromatic carbocycles. The number of alkyl halides is 3. The van der Waals surface area contributed by atoms with Crippen LogP contribution in [-0.2, 0) is 0 Å². The van der Waals surface area contributed by atoms with E-state index >= 15 is 0 Å². The van der Waals surface area contributed by atoms with Crippen molar-refractivity contribution < 1.29 is 13.2 Å².